The van der Waals surface area contributed by atoms with Crippen LogP contribution < -0.4 is 21.3 Å². The summed E-state index contributed by atoms with van der Waals surface area (Å²) in [5.41, 5.74) is 8.62. The summed E-state index contributed by atoms with van der Waals surface area (Å²) < 4.78 is 0.904. The van der Waals surface area contributed by atoms with Gasteiger partial charge < -0.3 is 36.2 Å². The van der Waals surface area contributed by atoms with Crippen LogP contribution in [0.2, 0.25) is 5.02 Å². The molecular formula is C36H44Br2ClN7O4. The van der Waals surface area contributed by atoms with Crippen molar-refractivity contribution in [1.29, 1.82) is 0 Å². The summed E-state index contributed by atoms with van der Waals surface area (Å²) in [6, 6.07) is 13.0. The number of nitrogens with two attached hydrogens (primary N) is 1. The maximum absolute atomic E-state index is 14.1. The number of para-hydroxylation sites is 1. The number of halogens is 3. The van der Waals surface area contributed by atoms with Gasteiger partial charge in [-0.2, -0.15) is 0 Å². The highest BCUT2D eigenvalue weighted by Crippen LogP contribution is 2.34. The molecule has 2 aliphatic heterocycles. The largest absolute Gasteiger partial charge is 0.506 e. The zero-order valence-electron chi connectivity index (χ0n) is 27.9. The molecule has 2 atom stereocenters. The molecule has 0 unspecified atom stereocenters. The van der Waals surface area contributed by atoms with Crippen molar-refractivity contribution in [2.75, 3.05) is 50.7 Å². The maximum atomic E-state index is 14.1. The van der Waals surface area contributed by atoms with Gasteiger partial charge in [-0.25, -0.2) is 4.79 Å². The summed E-state index contributed by atoms with van der Waals surface area (Å²) >= 11 is 13.2. The molecule has 2 aromatic carbocycles. The first-order valence-electron chi connectivity index (χ1n) is 17.1. The van der Waals surface area contributed by atoms with E-state index in [2.05, 4.69) is 52.4 Å². The van der Waals surface area contributed by atoms with E-state index in [9.17, 15) is 19.5 Å². The van der Waals surface area contributed by atoms with E-state index >= 15 is 0 Å². The molecule has 0 saturated carbocycles. The number of piperazine rings is 1. The first-order chi connectivity index (χ1) is 24.1. The highest BCUT2D eigenvalue weighted by molar-refractivity contribution is 9.11. The van der Waals surface area contributed by atoms with Gasteiger partial charge in [0.2, 0.25) is 11.8 Å². The Labute approximate surface area is 315 Å². The van der Waals surface area contributed by atoms with E-state index < -0.39 is 18.0 Å². The molecule has 3 aromatic rings. The number of phenols is 1. The molecule has 3 heterocycles. The summed E-state index contributed by atoms with van der Waals surface area (Å²) in [7, 11) is 0. The zero-order chi connectivity index (χ0) is 35.6. The van der Waals surface area contributed by atoms with Crippen molar-refractivity contribution in [1.82, 2.24) is 25.4 Å². The van der Waals surface area contributed by atoms with Gasteiger partial charge in [0, 0.05) is 58.1 Å². The number of nitrogens with one attached hydrogen (secondary N) is 2. The number of amides is 4. The molecule has 4 amide bonds. The van der Waals surface area contributed by atoms with Crippen molar-refractivity contribution < 1.29 is 19.5 Å². The van der Waals surface area contributed by atoms with Crippen LogP contribution in [0.5, 0.6) is 5.75 Å². The molecule has 0 aliphatic carbocycles. The number of hydrogen-bond donors (Lipinski definition) is 4. The molecule has 2 saturated heterocycles. The minimum absolute atomic E-state index is 0.0356. The number of benzene rings is 2. The van der Waals surface area contributed by atoms with Crippen molar-refractivity contribution in [3.05, 3.63) is 86.0 Å². The molecule has 0 radical (unpaired) electrons. The van der Waals surface area contributed by atoms with Gasteiger partial charge in [0.05, 0.1) is 19.7 Å². The molecule has 0 bridgehead atoms. The van der Waals surface area contributed by atoms with E-state index in [1.807, 2.05) is 41.3 Å². The standard InChI is InChI=1S/C36H44Br2ClN7O4/c37-27-21-24(22-28(38)33(27)47)23-31(43-36(50)46-19-17-44(18-20-46)32-7-2-1-5-29(32)39)34(48)42-30(6-3-4-12-40)35(49)45-15-10-26(11-16-45)25-8-13-41-14-9-25/h1-2,5,7-9,13-14,21-22,26,30-31,47H,3-4,6,10-12,15-20,23,40H2,(H,42,48)(H,43,50)/t30-,31+/m0/s1. The minimum atomic E-state index is -0.991. The van der Waals surface area contributed by atoms with Crippen LogP contribution in [0.3, 0.4) is 0 Å². The number of unbranched alkanes of at least 4 members (excludes halogenated alkanes) is 1. The van der Waals surface area contributed by atoms with Crippen molar-refractivity contribution in [3.63, 3.8) is 0 Å². The van der Waals surface area contributed by atoms with E-state index in [1.165, 1.54) is 5.56 Å². The highest BCUT2D eigenvalue weighted by atomic mass is 79.9. The van der Waals surface area contributed by atoms with Gasteiger partial charge in [-0.1, -0.05) is 23.7 Å². The molecule has 2 fully saturated rings. The second-order valence-corrected chi connectivity index (χ2v) is 14.9. The molecule has 1 aromatic heterocycles. The molecule has 50 heavy (non-hydrogen) atoms. The van der Waals surface area contributed by atoms with E-state index in [1.54, 1.807) is 29.4 Å². The first kappa shape index (κ1) is 37.9. The van der Waals surface area contributed by atoms with Gasteiger partial charge in [-0.15, -0.1) is 0 Å². The molecular weight excluding hydrogens is 790 g/mol. The summed E-state index contributed by atoms with van der Waals surface area (Å²) in [6.07, 6.45) is 7.20. The first-order valence-corrected chi connectivity index (χ1v) is 19.0. The Morgan fingerprint density at radius 3 is 2.20 bits per heavy atom. The second-order valence-electron chi connectivity index (χ2n) is 12.8. The number of carbonyl (C=O) groups is 3. The van der Waals surface area contributed by atoms with Crippen LogP contribution in [0.15, 0.2) is 69.9 Å². The Bertz CT molecular complexity index is 1600. The average Bonchev–Trinajstić information content (AvgIpc) is 3.13. The van der Waals surface area contributed by atoms with Gasteiger partial charge in [-0.3, -0.25) is 14.6 Å². The van der Waals surface area contributed by atoms with Crippen LogP contribution in [0.1, 0.15) is 49.1 Å². The van der Waals surface area contributed by atoms with E-state index in [0.717, 1.165) is 24.9 Å². The van der Waals surface area contributed by atoms with Crippen LogP contribution in [0.4, 0.5) is 10.5 Å². The van der Waals surface area contributed by atoms with E-state index in [4.69, 9.17) is 17.3 Å². The van der Waals surface area contributed by atoms with Crippen LogP contribution in [-0.4, -0.2) is 95.6 Å². The third-order valence-corrected chi connectivity index (χ3v) is 11.0. The maximum Gasteiger partial charge on any atom is 0.318 e. The SMILES string of the molecule is NCCCC[C@H](NC(=O)[C@@H](Cc1cc(Br)c(O)c(Br)c1)NC(=O)N1CCN(c2ccccc2Cl)CC1)C(=O)N1CCC(c2ccncc2)CC1. The molecule has 2 aliphatic rings. The quantitative estimate of drug-likeness (QED) is 0.178. The van der Waals surface area contributed by atoms with Crippen LogP contribution in [-0.2, 0) is 16.0 Å². The number of urea groups is 1. The molecule has 268 valence electrons. The fraction of sp³-hybridized carbons (Fsp3) is 0.444. The second kappa shape index (κ2) is 18.2. The lowest BCUT2D eigenvalue weighted by Gasteiger charge is -2.37. The molecule has 5 rings (SSSR count). The summed E-state index contributed by atoms with van der Waals surface area (Å²) in [5.74, 6) is -0.193. The number of likely N-dealkylation sites (tertiary alicyclic amines) is 1. The highest BCUT2D eigenvalue weighted by Gasteiger charge is 2.33. The van der Waals surface area contributed by atoms with Crippen LogP contribution in [0, 0.1) is 0 Å². The lowest BCUT2D eigenvalue weighted by Crippen LogP contribution is -2.59. The van der Waals surface area contributed by atoms with E-state index in [0.29, 0.717) is 84.1 Å². The number of carbonyl (C=O) groups excluding carboxylic acids is 3. The molecule has 11 nitrogen and oxygen atoms in total. The summed E-state index contributed by atoms with van der Waals surface area (Å²) in [5, 5.41) is 16.9. The number of pyridine rings is 1. The number of rotatable bonds is 12. The van der Waals surface area contributed by atoms with Crippen molar-refractivity contribution >= 4 is 67.0 Å². The predicted octanol–water partition coefficient (Wildman–Crippen LogP) is 5.43. The zero-order valence-corrected chi connectivity index (χ0v) is 31.8. The van der Waals surface area contributed by atoms with Gasteiger partial charge in [0.25, 0.3) is 0 Å². The Kier molecular flexibility index (Phi) is 13.8. The van der Waals surface area contributed by atoms with Crippen molar-refractivity contribution in [3.8, 4) is 5.75 Å². The number of aromatic hydroxyl groups is 1. The number of anilines is 1. The topological polar surface area (TPSA) is 144 Å². The predicted molar refractivity (Wildman–Crippen MR) is 202 cm³/mol. The van der Waals surface area contributed by atoms with Crippen LogP contribution >= 0.6 is 43.5 Å². The van der Waals surface area contributed by atoms with Gasteiger partial charge in [-0.05, 0) is 124 Å². The smallest absolute Gasteiger partial charge is 0.318 e. The van der Waals surface area contributed by atoms with Crippen molar-refractivity contribution in [2.24, 2.45) is 5.73 Å². The van der Waals surface area contributed by atoms with E-state index in [-0.39, 0.29) is 24.1 Å². The fourth-order valence-corrected chi connectivity index (χ4v) is 8.13. The number of piperidine rings is 1. The Morgan fingerprint density at radius 2 is 1.56 bits per heavy atom. The third-order valence-electron chi connectivity index (χ3n) is 9.44. The number of hydrogen-bond acceptors (Lipinski definition) is 7. The normalized spacial score (nSPS) is 16.5. The minimum Gasteiger partial charge on any atom is -0.506 e. The number of aromatic nitrogens is 1. The number of nitrogens with zero attached hydrogens (tertiary/aromatic N) is 4. The average molecular weight is 834 g/mol. The third kappa shape index (κ3) is 9.89. The fourth-order valence-electron chi connectivity index (χ4n) is 6.59. The molecule has 14 heteroatoms. The lowest BCUT2D eigenvalue weighted by atomic mass is 9.89. The van der Waals surface area contributed by atoms with Crippen LogP contribution in [0.25, 0.3) is 0 Å². The van der Waals surface area contributed by atoms with Gasteiger partial charge in [0.15, 0.2) is 0 Å². The Morgan fingerprint density at radius 1 is 0.900 bits per heavy atom. The van der Waals surface area contributed by atoms with Gasteiger partial charge in [0.1, 0.15) is 17.8 Å². The van der Waals surface area contributed by atoms with Crippen molar-refractivity contribution in [2.45, 2.75) is 56.5 Å². The molecule has 5 N–H and O–H groups in total. The Balaban J connectivity index is 1.28. The monoisotopic (exact) mass is 831 g/mol. The Hall–Kier alpha value is -3.39. The summed E-state index contributed by atoms with van der Waals surface area (Å²) in [6.45, 7) is 3.72. The number of phenolic OH excluding ortho intramolecular Hbond substituents is 1. The molecule has 0 spiro atoms. The lowest BCUT2D eigenvalue weighted by molar-refractivity contribution is -0.138. The van der Waals surface area contributed by atoms with Gasteiger partial charge >= 0.3 is 6.03 Å². The summed E-state index contributed by atoms with van der Waals surface area (Å²) in [4.78, 5) is 51.5.